The van der Waals surface area contributed by atoms with Gasteiger partial charge in [0.05, 0.1) is 43.8 Å². The Morgan fingerprint density at radius 1 is 0.594 bits per heavy atom. The number of nitrogens with zero attached hydrogens (tertiary/aromatic N) is 5. The van der Waals surface area contributed by atoms with Gasteiger partial charge in [-0.05, 0) is 81.4 Å². The first-order chi connectivity index (χ1) is 49.5. The van der Waals surface area contributed by atoms with Crippen molar-refractivity contribution in [1.82, 2.24) is 63.5 Å². The average molecular weight is 1510 g/mol. The SMILES string of the molecule is C.CC(C)[C@@H]1NC(=O)[C@@H](CCCN=C(N)N)NC(=O)CNC(=O)[C@@H](CC(=O)O)NC(=O)C(CCNC(=O)C(CCC(=O)NCCCC[C@H]2NC(=O)[C@H](C(C)C)NC(=O)[C@@H](CCCN=C(N)N)NC(=O)CNC(=O)[C@@H](CC(=O)O)NC2=O)=NC(=O)c2ccc(NN=Cc3ccccc3S(=O)(=O)O)nc2)CC1=O. The van der Waals surface area contributed by atoms with Crippen molar-refractivity contribution in [2.45, 2.75) is 166 Å². The summed E-state index contributed by atoms with van der Waals surface area (Å²) in [6, 6.07) is -2.49. The molecular weight excluding hydrogens is 1410 g/mol. The summed E-state index contributed by atoms with van der Waals surface area (Å²) in [5, 5.41) is 50.3. The van der Waals surface area contributed by atoms with Gasteiger partial charge in [-0.3, -0.25) is 91.9 Å². The zero-order valence-corrected chi connectivity index (χ0v) is 58.9. The second kappa shape index (κ2) is 44.2. The van der Waals surface area contributed by atoms with Crippen molar-refractivity contribution in [3.05, 3.63) is 53.7 Å². The Bertz CT molecular complexity index is 3750. The maximum atomic E-state index is 14.2. The third kappa shape index (κ3) is 31.6. The number of nitrogens with one attached hydrogen (secondary N) is 12. The number of anilines is 1. The van der Waals surface area contributed by atoms with Gasteiger partial charge in [0, 0.05) is 63.1 Å². The number of carboxylic acids is 2. The minimum atomic E-state index is -4.63. The van der Waals surface area contributed by atoms with Gasteiger partial charge in [-0.25, -0.2) is 9.98 Å². The van der Waals surface area contributed by atoms with Crippen molar-refractivity contribution >= 4 is 128 Å². The predicted octanol–water partition coefficient (Wildman–Crippen LogP) is -4.84. The summed E-state index contributed by atoms with van der Waals surface area (Å²) < 4.78 is 33.4. The fourth-order valence-corrected chi connectivity index (χ4v) is 11.0. The molecule has 4 rings (SSSR count). The molecule has 23 N–H and O–H groups in total. The quantitative estimate of drug-likeness (QED) is 0.0111. The molecule has 8 atom stereocenters. The number of hydrogen-bond donors (Lipinski definition) is 19. The molecule has 1 unspecified atom stereocenters. The summed E-state index contributed by atoms with van der Waals surface area (Å²) in [6.07, 6.45) is -1.97. The van der Waals surface area contributed by atoms with E-state index in [9.17, 15) is 95.1 Å². The molecule has 0 spiro atoms. The second-order valence-electron chi connectivity index (χ2n) is 24.8. The number of hydrazone groups is 1. The van der Waals surface area contributed by atoms with Gasteiger partial charge in [0.15, 0.2) is 17.7 Å². The van der Waals surface area contributed by atoms with E-state index in [2.05, 4.69) is 89.0 Å². The van der Waals surface area contributed by atoms with Crippen LogP contribution in [0.25, 0.3) is 0 Å². The van der Waals surface area contributed by atoms with Gasteiger partial charge in [0.1, 0.15) is 52.7 Å². The molecule has 0 bridgehead atoms. The lowest BCUT2D eigenvalue weighted by Gasteiger charge is -2.27. The lowest BCUT2D eigenvalue weighted by molar-refractivity contribution is -0.141. The maximum absolute atomic E-state index is 14.2. The molecule has 582 valence electrons. The Hall–Kier alpha value is -11.6. The van der Waals surface area contributed by atoms with E-state index in [1.807, 2.05) is 0 Å². The number of guanidine groups is 2. The summed E-state index contributed by atoms with van der Waals surface area (Å²) >= 11 is 0. The van der Waals surface area contributed by atoms with Crippen molar-refractivity contribution in [3.8, 4) is 0 Å². The molecule has 0 aliphatic carbocycles. The maximum Gasteiger partial charge on any atom is 0.305 e. The molecule has 2 fully saturated rings. The molecule has 2 aliphatic heterocycles. The zero-order chi connectivity index (χ0) is 78.1. The van der Waals surface area contributed by atoms with E-state index in [0.717, 1.165) is 18.5 Å². The first-order valence-corrected chi connectivity index (χ1v) is 34.7. The smallest absolute Gasteiger partial charge is 0.305 e. The van der Waals surface area contributed by atoms with Crippen molar-refractivity contribution in [2.24, 2.45) is 60.8 Å². The fraction of sp³-hybridized carbons (Fsp3) is 0.531. The Morgan fingerprint density at radius 2 is 1.10 bits per heavy atom. The number of unbranched alkanes of at least 4 members (excludes halogenated alkanes) is 1. The number of pyridine rings is 1. The van der Waals surface area contributed by atoms with E-state index < -0.39 is 228 Å². The highest BCUT2D eigenvalue weighted by molar-refractivity contribution is 7.86. The van der Waals surface area contributed by atoms with Crippen LogP contribution in [-0.4, -0.2) is 222 Å². The van der Waals surface area contributed by atoms with Crippen LogP contribution in [0.3, 0.4) is 0 Å². The summed E-state index contributed by atoms with van der Waals surface area (Å²) in [7, 11) is -4.63. The van der Waals surface area contributed by atoms with Gasteiger partial charge in [-0.15, -0.1) is 0 Å². The number of benzene rings is 1. The number of ketones is 1. The van der Waals surface area contributed by atoms with Crippen molar-refractivity contribution in [2.75, 3.05) is 44.7 Å². The van der Waals surface area contributed by atoms with Gasteiger partial charge in [0.25, 0.3) is 21.9 Å². The number of carbonyl (C=O) groups is 15. The molecule has 2 aromatic rings. The van der Waals surface area contributed by atoms with Crippen LogP contribution in [0, 0.1) is 17.8 Å². The highest BCUT2D eigenvalue weighted by Crippen LogP contribution is 2.19. The van der Waals surface area contributed by atoms with Crippen molar-refractivity contribution in [1.29, 1.82) is 0 Å². The van der Waals surface area contributed by atoms with Crippen molar-refractivity contribution in [3.63, 3.8) is 0 Å². The summed E-state index contributed by atoms with van der Waals surface area (Å²) in [4.78, 5) is 218. The molecule has 0 saturated carbocycles. The van der Waals surface area contributed by atoms with Gasteiger partial charge in [-0.2, -0.15) is 13.5 Å². The molecule has 2 aliphatic rings. The van der Waals surface area contributed by atoms with Crippen LogP contribution in [0.5, 0.6) is 0 Å². The predicted molar refractivity (Wildman–Crippen MR) is 381 cm³/mol. The number of aliphatic carboxylic acids is 2. The molecule has 0 radical (unpaired) electrons. The topological polar surface area (TPSA) is 662 Å². The second-order valence-corrected chi connectivity index (χ2v) is 26.2. The standard InChI is InChI=1S/C63H91N21O20S.CH4/c1-32(2)51-43(85)25-34(53(93)80-41(26-49(89)90)56(96)73-30-47(87)76-37(59(99)82-51)13-9-22-70-62(64)65)20-24-69-55(95)40(78-54(94)36-16-18-45(72-28-36)84-75-29-35-11-5-6-15-44(35)105(102,103)104)17-19-46(86)68-21-8-7-12-39-58(98)81-42(27-50(91)92)57(97)74-31-48(88)77-38(14-10-23-71-63(66)67)60(100)83-52(33(3)4)61(101)79-39;/h5-6,11,15-16,18,28-29,32-34,37-39,41-42,51-52H,7-10,12-14,17,19-27,30-31H2,1-4H3,(H,68,86)(H,69,95)(H,72,84)(H,73,96)(H,74,97)(H,76,87)(H,77,88)(H,79,101)(H,80,93)(H,81,98)(H,82,99)(H,83,100)(H,89,90)(H,91,92)(H4,64,65,70)(H4,66,67,71)(H,102,103,104);1H4/t34?,37-,38-,39-,41-,42-,51+,52+;/m1./s1. The molecule has 1 aromatic carbocycles. The first-order valence-electron chi connectivity index (χ1n) is 33.2. The molecule has 106 heavy (non-hydrogen) atoms. The van der Waals surface area contributed by atoms with Crippen molar-refractivity contribution < 1.29 is 95.1 Å². The third-order valence-electron chi connectivity index (χ3n) is 15.8. The first kappa shape index (κ1) is 88.6. The number of rotatable bonds is 31. The van der Waals surface area contributed by atoms with E-state index in [-0.39, 0.29) is 101 Å². The number of Topliss-reactive ketones (excluding diaryl/α,β-unsaturated/α-hetero) is 1. The number of aromatic nitrogens is 1. The number of amides is 12. The number of carbonyl (C=O) groups excluding carboxylic acids is 13. The lowest BCUT2D eigenvalue weighted by Crippen LogP contribution is -2.59. The van der Waals surface area contributed by atoms with Crippen LogP contribution in [0.2, 0.25) is 0 Å². The van der Waals surface area contributed by atoms with E-state index in [1.165, 1.54) is 30.3 Å². The average Bonchev–Trinajstić information content (AvgIpc) is 1.26. The van der Waals surface area contributed by atoms with Gasteiger partial charge in [0.2, 0.25) is 59.1 Å². The number of carboxylic acid groups (broad SMARTS) is 2. The van der Waals surface area contributed by atoms with E-state index >= 15 is 0 Å². The molecule has 42 heteroatoms. The van der Waals surface area contributed by atoms with Crippen LogP contribution in [0.4, 0.5) is 5.82 Å². The Morgan fingerprint density at radius 3 is 1.62 bits per heavy atom. The Kier molecular flexibility index (Phi) is 36.9. The molecule has 12 amide bonds. The largest absolute Gasteiger partial charge is 0.481 e. The third-order valence-corrected chi connectivity index (χ3v) is 16.7. The van der Waals surface area contributed by atoms with Gasteiger partial charge >= 0.3 is 11.9 Å². The summed E-state index contributed by atoms with van der Waals surface area (Å²) in [5.41, 5.74) is 23.4. The monoisotopic (exact) mass is 1510 g/mol. The molecular formula is C64H95N21O20S. The van der Waals surface area contributed by atoms with E-state index in [4.69, 9.17) is 22.9 Å². The highest BCUT2D eigenvalue weighted by atomic mass is 32.2. The lowest BCUT2D eigenvalue weighted by atomic mass is 9.89. The van der Waals surface area contributed by atoms with E-state index in [0.29, 0.717) is 0 Å². The minimum Gasteiger partial charge on any atom is -0.481 e. The normalized spacial score (nSPS) is 20.6. The number of aliphatic imine (C=N–C) groups is 3. The molecule has 2 saturated heterocycles. The van der Waals surface area contributed by atoms with Gasteiger partial charge in [-0.1, -0.05) is 53.3 Å². The van der Waals surface area contributed by atoms with Crippen LogP contribution in [0.1, 0.15) is 135 Å². The Balaban J connectivity index is 0.0000292. The summed E-state index contributed by atoms with van der Waals surface area (Å²) in [6.45, 7) is 4.25. The van der Waals surface area contributed by atoms with Gasteiger partial charge < -0.3 is 91.6 Å². The molecule has 1 aromatic heterocycles. The highest BCUT2D eigenvalue weighted by Gasteiger charge is 2.37. The zero-order valence-electron chi connectivity index (χ0n) is 58.1. The summed E-state index contributed by atoms with van der Waals surface area (Å²) in [5.74, 6) is -18.5. The Labute approximate surface area is 609 Å². The molecule has 41 nitrogen and oxygen atoms in total. The number of hydrogen-bond acceptors (Lipinski definition) is 22. The fourth-order valence-electron chi connectivity index (χ4n) is 10.3. The number of nitrogens with two attached hydrogens (primary N) is 4. The van der Waals surface area contributed by atoms with Crippen LogP contribution in [-0.2, 0) is 77.2 Å². The van der Waals surface area contributed by atoms with E-state index in [1.54, 1.807) is 27.7 Å². The van der Waals surface area contributed by atoms with Crippen LogP contribution in [0.15, 0.2) is 67.6 Å². The van der Waals surface area contributed by atoms with Crippen LogP contribution >= 0.6 is 0 Å². The van der Waals surface area contributed by atoms with Crippen LogP contribution < -0.4 is 86.8 Å². The minimum absolute atomic E-state index is 0. The molecule has 3 heterocycles.